The molecule has 0 spiro atoms. The van der Waals surface area contributed by atoms with E-state index in [1.807, 2.05) is 19.1 Å². The standard InChI is InChI=1S/C11H17NO2.ClH/c1-8-9(6-7-12)4-5-10(13-2)11(8)14-3;/h4-5H,6-7,12H2,1-3H3;1H. The van der Waals surface area contributed by atoms with E-state index in [-0.39, 0.29) is 12.4 Å². The second-order valence-corrected chi connectivity index (χ2v) is 3.12. The highest BCUT2D eigenvalue weighted by Gasteiger charge is 2.09. The summed E-state index contributed by atoms with van der Waals surface area (Å²) in [6, 6.07) is 3.94. The van der Waals surface area contributed by atoms with Gasteiger partial charge in [-0.15, -0.1) is 12.4 Å². The quantitative estimate of drug-likeness (QED) is 0.862. The molecule has 0 aliphatic carbocycles. The van der Waals surface area contributed by atoms with E-state index in [2.05, 4.69) is 0 Å². The highest BCUT2D eigenvalue weighted by molar-refractivity contribution is 5.85. The van der Waals surface area contributed by atoms with E-state index in [4.69, 9.17) is 15.2 Å². The molecule has 0 saturated carbocycles. The summed E-state index contributed by atoms with van der Waals surface area (Å²) in [5.74, 6) is 1.57. The molecule has 0 atom stereocenters. The minimum atomic E-state index is 0. The average molecular weight is 232 g/mol. The Bertz CT molecular complexity index is 316. The van der Waals surface area contributed by atoms with Gasteiger partial charge in [-0.05, 0) is 37.1 Å². The molecule has 0 saturated heterocycles. The van der Waals surface area contributed by atoms with Crippen LogP contribution >= 0.6 is 12.4 Å². The fourth-order valence-electron chi connectivity index (χ4n) is 1.55. The molecule has 0 amide bonds. The Balaban J connectivity index is 0.00000196. The number of methoxy groups -OCH3 is 2. The van der Waals surface area contributed by atoms with Gasteiger partial charge in [0.15, 0.2) is 11.5 Å². The van der Waals surface area contributed by atoms with E-state index in [1.54, 1.807) is 14.2 Å². The van der Waals surface area contributed by atoms with Gasteiger partial charge in [0.25, 0.3) is 0 Å². The maximum absolute atomic E-state index is 5.52. The van der Waals surface area contributed by atoms with Crippen LogP contribution in [-0.2, 0) is 6.42 Å². The lowest BCUT2D eigenvalue weighted by atomic mass is 10.0. The van der Waals surface area contributed by atoms with Crippen LogP contribution in [0.3, 0.4) is 0 Å². The summed E-state index contributed by atoms with van der Waals surface area (Å²) in [5.41, 5.74) is 7.84. The summed E-state index contributed by atoms with van der Waals surface area (Å²) < 4.78 is 10.5. The van der Waals surface area contributed by atoms with Crippen molar-refractivity contribution in [3.05, 3.63) is 23.3 Å². The zero-order valence-corrected chi connectivity index (χ0v) is 10.2. The molecule has 15 heavy (non-hydrogen) atoms. The van der Waals surface area contributed by atoms with Crippen molar-refractivity contribution in [2.75, 3.05) is 20.8 Å². The van der Waals surface area contributed by atoms with Gasteiger partial charge in [0.2, 0.25) is 0 Å². The second kappa shape index (κ2) is 6.53. The minimum Gasteiger partial charge on any atom is -0.493 e. The molecule has 0 aliphatic heterocycles. The number of hydrogen-bond donors (Lipinski definition) is 1. The summed E-state index contributed by atoms with van der Waals surface area (Å²) in [4.78, 5) is 0. The molecule has 1 rings (SSSR count). The summed E-state index contributed by atoms with van der Waals surface area (Å²) in [7, 11) is 3.29. The molecule has 0 aliphatic rings. The largest absolute Gasteiger partial charge is 0.493 e. The van der Waals surface area contributed by atoms with Crippen molar-refractivity contribution in [3.63, 3.8) is 0 Å². The van der Waals surface area contributed by atoms with Gasteiger partial charge in [-0.25, -0.2) is 0 Å². The highest BCUT2D eigenvalue weighted by atomic mass is 35.5. The molecule has 86 valence electrons. The Hall–Kier alpha value is -0.930. The molecule has 0 unspecified atom stereocenters. The van der Waals surface area contributed by atoms with Gasteiger partial charge in [-0.1, -0.05) is 6.07 Å². The summed E-state index contributed by atoms with van der Waals surface area (Å²) >= 11 is 0. The van der Waals surface area contributed by atoms with Crippen LogP contribution in [0.15, 0.2) is 12.1 Å². The Kier molecular flexibility index (Phi) is 6.13. The third-order valence-electron chi connectivity index (χ3n) is 2.32. The molecule has 2 N–H and O–H groups in total. The van der Waals surface area contributed by atoms with Gasteiger partial charge in [0.1, 0.15) is 0 Å². The Morgan fingerprint density at radius 2 is 1.87 bits per heavy atom. The van der Waals surface area contributed by atoms with E-state index in [9.17, 15) is 0 Å². The topological polar surface area (TPSA) is 44.5 Å². The third-order valence-corrected chi connectivity index (χ3v) is 2.32. The first-order valence-corrected chi connectivity index (χ1v) is 4.65. The van der Waals surface area contributed by atoms with Crippen molar-refractivity contribution < 1.29 is 9.47 Å². The molecule has 0 fully saturated rings. The summed E-state index contributed by atoms with van der Waals surface area (Å²) in [6.45, 7) is 2.67. The van der Waals surface area contributed by atoms with Crippen molar-refractivity contribution >= 4 is 12.4 Å². The zero-order valence-electron chi connectivity index (χ0n) is 9.37. The van der Waals surface area contributed by atoms with Crippen LogP contribution in [0.25, 0.3) is 0 Å². The van der Waals surface area contributed by atoms with Gasteiger partial charge in [0, 0.05) is 0 Å². The molecule has 0 radical (unpaired) electrons. The fourth-order valence-corrected chi connectivity index (χ4v) is 1.55. The van der Waals surface area contributed by atoms with Gasteiger partial charge in [-0.2, -0.15) is 0 Å². The normalized spacial score (nSPS) is 9.33. The van der Waals surface area contributed by atoms with Crippen molar-refractivity contribution in [3.8, 4) is 11.5 Å². The number of nitrogens with two attached hydrogens (primary N) is 1. The van der Waals surface area contributed by atoms with Crippen LogP contribution in [0, 0.1) is 6.92 Å². The maximum Gasteiger partial charge on any atom is 0.163 e. The molecule has 3 nitrogen and oxygen atoms in total. The zero-order chi connectivity index (χ0) is 10.6. The van der Waals surface area contributed by atoms with Crippen molar-refractivity contribution in [2.45, 2.75) is 13.3 Å². The van der Waals surface area contributed by atoms with Crippen LogP contribution in [0.5, 0.6) is 11.5 Å². The molecule has 4 heteroatoms. The second-order valence-electron chi connectivity index (χ2n) is 3.12. The van der Waals surface area contributed by atoms with E-state index in [0.29, 0.717) is 6.54 Å². The lowest BCUT2D eigenvalue weighted by Crippen LogP contribution is -2.05. The molecule has 0 aromatic heterocycles. The Morgan fingerprint density at radius 3 is 2.33 bits per heavy atom. The molecule has 0 heterocycles. The van der Waals surface area contributed by atoms with Crippen molar-refractivity contribution in [1.82, 2.24) is 0 Å². The van der Waals surface area contributed by atoms with E-state index in [1.165, 1.54) is 5.56 Å². The van der Waals surface area contributed by atoms with E-state index < -0.39 is 0 Å². The van der Waals surface area contributed by atoms with Crippen LogP contribution in [0.1, 0.15) is 11.1 Å². The molecule has 1 aromatic carbocycles. The van der Waals surface area contributed by atoms with Crippen LogP contribution in [-0.4, -0.2) is 20.8 Å². The first kappa shape index (κ1) is 14.1. The van der Waals surface area contributed by atoms with E-state index >= 15 is 0 Å². The number of hydrogen-bond acceptors (Lipinski definition) is 3. The van der Waals surface area contributed by atoms with Crippen molar-refractivity contribution in [2.24, 2.45) is 5.73 Å². The predicted molar refractivity (Wildman–Crippen MR) is 64.3 cm³/mol. The smallest absolute Gasteiger partial charge is 0.163 e. The van der Waals surface area contributed by atoms with Crippen molar-refractivity contribution in [1.29, 1.82) is 0 Å². The lowest BCUT2D eigenvalue weighted by molar-refractivity contribution is 0.352. The fraction of sp³-hybridized carbons (Fsp3) is 0.455. The van der Waals surface area contributed by atoms with Gasteiger partial charge in [-0.3, -0.25) is 0 Å². The van der Waals surface area contributed by atoms with Gasteiger partial charge in [0.05, 0.1) is 14.2 Å². The lowest BCUT2D eigenvalue weighted by Gasteiger charge is -2.13. The van der Waals surface area contributed by atoms with Gasteiger partial charge >= 0.3 is 0 Å². The summed E-state index contributed by atoms with van der Waals surface area (Å²) in [6.07, 6.45) is 0.867. The summed E-state index contributed by atoms with van der Waals surface area (Å²) in [5, 5.41) is 0. The van der Waals surface area contributed by atoms with Crippen LogP contribution < -0.4 is 15.2 Å². The molecule has 0 bridgehead atoms. The monoisotopic (exact) mass is 231 g/mol. The Labute approximate surface area is 97.0 Å². The highest BCUT2D eigenvalue weighted by Crippen LogP contribution is 2.32. The van der Waals surface area contributed by atoms with Gasteiger partial charge < -0.3 is 15.2 Å². The first-order chi connectivity index (χ1) is 6.74. The average Bonchev–Trinajstić information content (AvgIpc) is 2.21. The van der Waals surface area contributed by atoms with Crippen LogP contribution in [0.2, 0.25) is 0 Å². The molecular formula is C11H18ClNO2. The number of benzene rings is 1. The van der Waals surface area contributed by atoms with E-state index in [0.717, 1.165) is 23.5 Å². The Morgan fingerprint density at radius 1 is 1.20 bits per heavy atom. The number of halogens is 1. The predicted octanol–water partition coefficient (Wildman–Crippen LogP) is 1.94. The number of rotatable bonds is 4. The minimum absolute atomic E-state index is 0. The molecular weight excluding hydrogens is 214 g/mol. The van der Waals surface area contributed by atoms with Crippen LogP contribution in [0.4, 0.5) is 0 Å². The first-order valence-electron chi connectivity index (χ1n) is 4.65. The maximum atomic E-state index is 5.52. The molecule has 1 aromatic rings. The SMILES string of the molecule is COc1ccc(CCN)c(C)c1OC.Cl. The number of ether oxygens (including phenoxy) is 2. The third kappa shape index (κ3) is 3.01.